The molecule has 0 fully saturated rings. The number of rotatable bonds is 6. The molecule has 1 heterocycles. The molecule has 0 spiro atoms. The smallest absolute Gasteiger partial charge is 0.205 e. The predicted octanol–water partition coefficient (Wildman–Crippen LogP) is 3.62. The van der Waals surface area contributed by atoms with Crippen LogP contribution in [0.15, 0.2) is 24.3 Å². The van der Waals surface area contributed by atoms with Gasteiger partial charge in [-0.3, -0.25) is 0 Å². The molecule has 4 nitrogen and oxygen atoms in total. The minimum Gasteiger partial charge on any atom is -0.377 e. The average Bonchev–Trinajstić information content (AvgIpc) is 2.87. The summed E-state index contributed by atoms with van der Waals surface area (Å²) in [7, 11) is 1.70. The lowest BCUT2D eigenvalue weighted by Gasteiger charge is -2.22. The predicted molar refractivity (Wildman–Crippen MR) is 83.7 cm³/mol. The summed E-state index contributed by atoms with van der Waals surface area (Å²) < 4.78 is 5.35. The van der Waals surface area contributed by atoms with Gasteiger partial charge in [0.2, 0.25) is 5.13 Å². The van der Waals surface area contributed by atoms with Crippen molar-refractivity contribution in [2.24, 2.45) is 0 Å². The summed E-state index contributed by atoms with van der Waals surface area (Å²) in [4.78, 5) is 0. The highest BCUT2D eigenvalue weighted by Gasteiger charge is 2.16. The van der Waals surface area contributed by atoms with E-state index < -0.39 is 0 Å². The average molecular weight is 312 g/mol. The molecule has 20 heavy (non-hydrogen) atoms. The first-order valence-electron chi connectivity index (χ1n) is 6.34. The van der Waals surface area contributed by atoms with Crippen LogP contribution in [0.3, 0.4) is 0 Å². The highest BCUT2D eigenvalue weighted by molar-refractivity contribution is 7.15. The van der Waals surface area contributed by atoms with Gasteiger partial charge in [0.15, 0.2) is 0 Å². The summed E-state index contributed by atoms with van der Waals surface area (Å²) in [6, 6.07) is 7.78. The molecule has 108 valence electrons. The standard InChI is InChI=1S/C14H18ClN3OS/c1-14(2,19-3)9-16-13-18-17-12(20-13)8-10-4-6-11(15)7-5-10/h4-7H,8-9H2,1-3H3,(H,16,18). The first-order chi connectivity index (χ1) is 9.48. The van der Waals surface area contributed by atoms with Crippen LogP contribution >= 0.6 is 22.9 Å². The molecule has 1 N–H and O–H groups in total. The van der Waals surface area contributed by atoms with Crippen molar-refractivity contribution in [2.75, 3.05) is 19.0 Å². The Hall–Kier alpha value is -1.17. The van der Waals surface area contributed by atoms with E-state index in [-0.39, 0.29) is 5.60 Å². The Balaban J connectivity index is 1.93. The monoisotopic (exact) mass is 311 g/mol. The zero-order valence-electron chi connectivity index (χ0n) is 11.8. The maximum absolute atomic E-state index is 5.87. The molecule has 0 radical (unpaired) electrons. The molecule has 0 amide bonds. The van der Waals surface area contributed by atoms with Gasteiger partial charge in [-0.05, 0) is 31.5 Å². The van der Waals surface area contributed by atoms with E-state index in [1.165, 1.54) is 5.56 Å². The molecular weight excluding hydrogens is 294 g/mol. The van der Waals surface area contributed by atoms with Gasteiger partial charge in [-0.15, -0.1) is 10.2 Å². The quantitative estimate of drug-likeness (QED) is 0.885. The van der Waals surface area contributed by atoms with Crippen molar-refractivity contribution >= 4 is 28.1 Å². The van der Waals surface area contributed by atoms with Gasteiger partial charge in [0.1, 0.15) is 5.01 Å². The number of methoxy groups -OCH3 is 1. The van der Waals surface area contributed by atoms with Crippen molar-refractivity contribution in [3.8, 4) is 0 Å². The van der Waals surface area contributed by atoms with Crippen LogP contribution in [0.5, 0.6) is 0 Å². The molecular formula is C14H18ClN3OS. The molecule has 6 heteroatoms. The number of ether oxygens (including phenoxy) is 1. The zero-order valence-corrected chi connectivity index (χ0v) is 13.4. The first kappa shape index (κ1) is 15.2. The van der Waals surface area contributed by atoms with Gasteiger partial charge < -0.3 is 10.1 Å². The van der Waals surface area contributed by atoms with Crippen molar-refractivity contribution in [3.05, 3.63) is 39.9 Å². The second-order valence-electron chi connectivity index (χ2n) is 5.12. The topological polar surface area (TPSA) is 47.0 Å². The Morgan fingerprint density at radius 1 is 1.25 bits per heavy atom. The molecule has 0 saturated carbocycles. The van der Waals surface area contributed by atoms with E-state index in [1.54, 1.807) is 18.4 Å². The summed E-state index contributed by atoms with van der Waals surface area (Å²) in [6.45, 7) is 4.74. The van der Waals surface area contributed by atoms with Crippen LogP contribution in [0, 0.1) is 0 Å². The van der Waals surface area contributed by atoms with Crippen LogP contribution < -0.4 is 5.32 Å². The largest absolute Gasteiger partial charge is 0.377 e. The van der Waals surface area contributed by atoms with Gasteiger partial charge in [-0.25, -0.2) is 0 Å². The van der Waals surface area contributed by atoms with Gasteiger partial charge in [0.25, 0.3) is 0 Å². The Bertz CT molecular complexity index is 554. The van der Waals surface area contributed by atoms with Crippen LogP contribution in [0.4, 0.5) is 5.13 Å². The third-order valence-corrected chi connectivity index (χ3v) is 4.09. The van der Waals surface area contributed by atoms with Gasteiger partial charge >= 0.3 is 0 Å². The van der Waals surface area contributed by atoms with E-state index in [9.17, 15) is 0 Å². The van der Waals surface area contributed by atoms with Crippen molar-refractivity contribution in [2.45, 2.75) is 25.9 Å². The van der Waals surface area contributed by atoms with Crippen LogP contribution in [-0.4, -0.2) is 29.5 Å². The number of aromatic nitrogens is 2. The fourth-order valence-corrected chi connectivity index (χ4v) is 2.43. The Morgan fingerprint density at radius 2 is 1.95 bits per heavy atom. The number of anilines is 1. The fourth-order valence-electron chi connectivity index (χ4n) is 1.53. The van der Waals surface area contributed by atoms with E-state index in [4.69, 9.17) is 16.3 Å². The molecule has 2 rings (SSSR count). The van der Waals surface area contributed by atoms with Gasteiger partial charge in [0, 0.05) is 25.1 Å². The van der Waals surface area contributed by atoms with Crippen LogP contribution in [0.2, 0.25) is 5.02 Å². The Morgan fingerprint density at radius 3 is 2.60 bits per heavy atom. The lowest BCUT2D eigenvalue weighted by molar-refractivity contribution is 0.0343. The SMILES string of the molecule is COC(C)(C)CNc1nnc(Cc2ccc(Cl)cc2)s1. The highest BCUT2D eigenvalue weighted by atomic mass is 35.5. The number of hydrogen-bond donors (Lipinski definition) is 1. The van der Waals surface area contributed by atoms with E-state index >= 15 is 0 Å². The minimum atomic E-state index is -0.220. The fraction of sp³-hybridized carbons (Fsp3) is 0.429. The third-order valence-electron chi connectivity index (χ3n) is 2.95. The van der Waals surface area contributed by atoms with Gasteiger partial charge in [-0.1, -0.05) is 35.1 Å². The first-order valence-corrected chi connectivity index (χ1v) is 7.54. The van der Waals surface area contributed by atoms with E-state index in [2.05, 4.69) is 15.5 Å². The maximum Gasteiger partial charge on any atom is 0.205 e. The van der Waals surface area contributed by atoms with Crippen LogP contribution in [0.25, 0.3) is 0 Å². The summed E-state index contributed by atoms with van der Waals surface area (Å²) in [5, 5.41) is 14.1. The lowest BCUT2D eigenvalue weighted by atomic mass is 10.1. The van der Waals surface area contributed by atoms with E-state index in [1.807, 2.05) is 38.1 Å². The molecule has 1 aromatic heterocycles. The lowest BCUT2D eigenvalue weighted by Crippen LogP contribution is -2.31. The van der Waals surface area contributed by atoms with Crippen molar-refractivity contribution in [1.82, 2.24) is 10.2 Å². The summed E-state index contributed by atoms with van der Waals surface area (Å²) in [5.74, 6) is 0. The Kier molecular flexibility index (Phi) is 4.96. The Labute approximate surface area is 128 Å². The highest BCUT2D eigenvalue weighted by Crippen LogP contribution is 2.20. The normalized spacial score (nSPS) is 11.6. The third kappa shape index (κ3) is 4.44. The molecule has 2 aromatic rings. The number of nitrogens with one attached hydrogen (secondary N) is 1. The molecule has 0 aliphatic carbocycles. The summed E-state index contributed by atoms with van der Waals surface area (Å²) >= 11 is 7.43. The second-order valence-corrected chi connectivity index (χ2v) is 6.62. The second kappa shape index (κ2) is 6.52. The molecule has 0 saturated heterocycles. The molecule has 0 atom stereocenters. The van der Waals surface area contributed by atoms with E-state index in [0.717, 1.165) is 21.6 Å². The maximum atomic E-state index is 5.87. The number of halogens is 1. The minimum absolute atomic E-state index is 0.220. The molecule has 1 aromatic carbocycles. The molecule has 0 unspecified atom stereocenters. The zero-order chi connectivity index (χ0) is 14.6. The number of hydrogen-bond acceptors (Lipinski definition) is 5. The van der Waals surface area contributed by atoms with Gasteiger partial charge in [0.05, 0.1) is 5.60 Å². The van der Waals surface area contributed by atoms with Crippen molar-refractivity contribution in [3.63, 3.8) is 0 Å². The number of benzene rings is 1. The molecule has 0 aliphatic rings. The van der Waals surface area contributed by atoms with Crippen molar-refractivity contribution in [1.29, 1.82) is 0 Å². The molecule has 0 bridgehead atoms. The number of nitrogens with zero attached hydrogens (tertiary/aromatic N) is 2. The van der Waals surface area contributed by atoms with Gasteiger partial charge in [-0.2, -0.15) is 0 Å². The summed E-state index contributed by atoms with van der Waals surface area (Å²) in [5.41, 5.74) is 0.955. The van der Waals surface area contributed by atoms with Crippen molar-refractivity contribution < 1.29 is 4.74 Å². The van der Waals surface area contributed by atoms with Crippen LogP contribution in [-0.2, 0) is 11.2 Å². The summed E-state index contributed by atoms with van der Waals surface area (Å²) in [6.07, 6.45) is 0.768. The van der Waals surface area contributed by atoms with E-state index in [0.29, 0.717) is 6.54 Å². The van der Waals surface area contributed by atoms with Crippen LogP contribution in [0.1, 0.15) is 24.4 Å². The molecule has 0 aliphatic heterocycles.